The standard InChI is InChI=1S/C11H12ClNOS/c12-9-4-2-1-3-8(9)10-7-15-6-5-11(14)13-10/h1-4,10H,5-7H2,(H,13,14). The molecule has 15 heavy (non-hydrogen) atoms. The third kappa shape index (κ3) is 2.67. The Morgan fingerprint density at radius 3 is 3.00 bits per heavy atom. The maximum absolute atomic E-state index is 11.4. The maximum Gasteiger partial charge on any atom is 0.221 e. The Morgan fingerprint density at radius 1 is 1.40 bits per heavy atom. The first-order chi connectivity index (χ1) is 7.27. The van der Waals surface area contributed by atoms with Crippen molar-refractivity contribution in [1.82, 2.24) is 5.32 Å². The van der Waals surface area contributed by atoms with E-state index in [1.807, 2.05) is 24.3 Å². The van der Waals surface area contributed by atoms with Gasteiger partial charge >= 0.3 is 0 Å². The van der Waals surface area contributed by atoms with E-state index in [9.17, 15) is 4.79 Å². The Labute approximate surface area is 98.4 Å². The van der Waals surface area contributed by atoms with E-state index in [0.717, 1.165) is 22.1 Å². The molecular formula is C11H12ClNOS. The molecule has 1 fully saturated rings. The van der Waals surface area contributed by atoms with Crippen LogP contribution in [0.1, 0.15) is 18.0 Å². The van der Waals surface area contributed by atoms with Crippen molar-refractivity contribution in [2.75, 3.05) is 11.5 Å². The molecule has 2 nitrogen and oxygen atoms in total. The second-order valence-electron chi connectivity index (χ2n) is 3.47. The molecule has 1 aromatic carbocycles. The van der Waals surface area contributed by atoms with Crippen molar-refractivity contribution < 1.29 is 4.79 Å². The van der Waals surface area contributed by atoms with Crippen LogP contribution in [0.3, 0.4) is 0 Å². The summed E-state index contributed by atoms with van der Waals surface area (Å²) >= 11 is 7.89. The molecule has 0 spiro atoms. The van der Waals surface area contributed by atoms with Crippen molar-refractivity contribution in [1.29, 1.82) is 0 Å². The summed E-state index contributed by atoms with van der Waals surface area (Å²) in [4.78, 5) is 11.4. The first-order valence-corrected chi connectivity index (χ1v) is 6.42. The van der Waals surface area contributed by atoms with Crippen LogP contribution in [0.25, 0.3) is 0 Å². The zero-order chi connectivity index (χ0) is 10.7. The quantitative estimate of drug-likeness (QED) is 0.819. The molecule has 0 saturated carbocycles. The Bertz CT molecular complexity index is 369. The average molecular weight is 242 g/mol. The Balaban J connectivity index is 2.22. The molecule has 4 heteroatoms. The van der Waals surface area contributed by atoms with Crippen LogP contribution in [0.15, 0.2) is 24.3 Å². The molecule has 1 saturated heterocycles. The van der Waals surface area contributed by atoms with Gasteiger partial charge in [0, 0.05) is 22.9 Å². The van der Waals surface area contributed by atoms with Gasteiger partial charge < -0.3 is 5.32 Å². The van der Waals surface area contributed by atoms with Crippen LogP contribution in [0, 0.1) is 0 Å². The van der Waals surface area contributed by atoms with Crippen molar-refractivity contribution in [3.05, 3.63) is 34.9 Å². The fourth-order valence-corrected chi connectivity index (χ4v) is 2.86. The highest BCUT2D eigenvalue weighted by atomic mass is 35.5. The van der Waals surface area contributed by atoms with E-state index in [0.29, 0.717) is 6.42 Å². The monoisotopic (exact) mass is 241 g/mol. The highest BCUT2D eigenvalue weighted by Crippen LogP contribution is 2.27. The molecule has 1 aliphatic rings. The number of nitrogens with one attached hydrogen (secondary N) is 1. The Morgan fingerprint density at radius 2 is 2.20 bits per heavy atom. The lowest BCUT2D eigenvalue weighted by Crippen LogP contribution is -2.28. The van der Waals surface area contributed by atoms with Gasteiger partial charge in [-0.05, 0) is 11.6 Å². The van der Waals surface area contributed by atoms with Crippen LogP contribution >= 0.6 is 23.4 Å². The van der Waals surface area contributed by atoms with Crippen LogP contribution in [-0.2, 0) is 4.79 Å². The van der Waals surface area contributed by atoms with E-state index in [1.54, 1.807) is 11.8 Å². The zero-order valence-electron chi connectivity index (χ0n) is 8.20. The maximum atomic E-state index is 11.4. The lowest BCUT2D eigenvalue weighted by molar-refractivity contribution is -0.121. The number of rotatable bonds is 1. The van der Waals surface area contributed by atoms with Gasteiger partial charge in [-0.25, -0.2) is 0 Å². The Kier molecular flexibility index (Phi) is 3.54. The summed E-state index contributed by atoms with van der Waals surface area (Å²) in [6.45, 7) is 0. The van der Waals surface area contributed by atoms with Crippen LogP contribution < -0.4 is 5.32 Å². The summed E-state index contributed by atoms with van der Waals surface area (Å²) < 4.78 is 0. The van der Waals surface area contributed by atoms with Crippen molar-refractivity contribution in [2.45, 2.75) is 12.5 Å². The second-order valence-corrected chi connectivity index (χ2v) is 5.02. The summed E-state index contributed by atoms with van der Waals surface area (Å²) in [5, 5.41) is 3.72. The minimum absolute atomic E-state index is 0.0544. The predicted molar refractivity (Wildman–Crippen MR) is 64.3 cm³/mol. The molecule has 0 aliphatic carbocycles. The van der Waals surface area contributed by atoms with E-state index in [-0.39, 0.29) is 11.9 Å². The SMILES string of the molecule is O=C1CCSCC(c2ccccc2Cl)N1. The van der Waals surface area contributed by atoms with Gasteiger partial charge in [-0.3, -0.25) is 4.79 Å². The first kappa shape index (κ1) is 10.8. The number of thioether (sulfide) groups is 1. The molecule has 1 aliphatic heterocycles. The van der Waals surface area contributed by atoms with Gasteiger partial charge in [0.15, 0.2) is 0 Å². The molecule has 1 N–H and O–H groups in total. The van der Waals surface area contributed by atoms with Gasteiger partial charge in [0.25, 0.3) is 0 Å². The summed E-state index contributed by atoms with van der Waals surface area (Å²) in [7, 11) is 0. The lowest BCUT2D eigenvalue weighted by atomic mass is 10.1. The van der Waals surface area contributed by atoms with Crippen LogP contribution in [0.4, 0.5) is 0 Å². The fourth-order valence-electron chi connectivity index (χ4n) is 1.60. The molecule has 1 heterocycles. The number of hydrogen-bond donors (Lipinski definition) is 1. The third-order valence-electron chi connectivity index (χ3n) is 2.37. The fraction of sp³-hybridized carbons (Fsp3) is 0.364. The van der Waals surface area contributed by atoms with Gasteiger partial charge in [0.2, 0.25) is 5.91 Å². The van der Waals surface area contributed by atoms with Crippen LogP contribution in [0.2, 0.25) is 5.02 Å². The predicted octanol–water partition coefficient (Wildman–Crippen LogP) is 2.63. The summed E-state index contributed by atoms with van der Waals surface area (Å²) in [6, 6.07) is 7.73. The highest BCUT2D eigenvalue weighted by Gasteiger charge is 2.19. The van der Waals surface area contributed by atoms with E-state index >= 15 is 0 Å². The van der Waals surface area contributed by atoms with Crippen molar-refractivity contribution in [2.24, 2.45) is 0 Å². The number of amides is 1. The van der Waals surface area contributed by atoms with Crippen LogP contribution in [0.5, 0.6) is 0 Å². The molecule has 0 radical (unpaired) electrons. The second kappa shape index (κ2) is 4.90. The molecule has 2 rings (SSSR count). The third-order valence-corrected chi connectivity index (χ3v) is 3.78. The van der Waals surface area contributed by atoms with Gasteiger partial charge in [0.05, 0.1) is 6.04 Å². The minimum Gasteiger partial charge on any atom is -0.348 e. The normalized spacial score (nSPS) is 21.9. The number of carbonyl (C=O) groups excluding carboxylic acids is 1. The lowest BCUT2D eigenvalue weighted by Gasteiger charge is -2.16. The molecule has 1 aromatic rings. The number of hydrogen-bond acceptors (Lipinski definition) is 2. The molecule has 1 unspecified atom stereocenters. The van der Waals surface area contributed by atoms with E-state index < -0.39 is 0 Å². The van der Waals surface area contributed by atoms with Gasteiger partial charge in [-0.15, -0.1) is 0 Å². The molecule has 0 bridgehead atoms. The number of benzene rings is 1. The molecule has 80 valence electrons. The number of halogens is 1. The summed E-state index contributed by atoms with van der Waals surface area (Å²) in [5.41, 5.74) is 1.02. The smallest absolute Gasteiger partial charge is 0.221 e. The molecular weight excluding hydrogens is 230 g/mol. The first-order valence-electron chi connectivity index (χ1n) is 4.89. The van der Waals surface area contributed by atoms with Crippen molar-refractivity contribution >= 4 is 29.3 Å². The van der Waals surface area contributed by atoms with E-state index in [2.05, 4.69) is 5.32 Å². The van der Waals surface area contributed by atoms with E-state index in [4.69, 9.17) is 11.6 Å². The highest BCUT2D eigenvalue weighted by molar-refractivity contribution is 7.99. The van der Waals surface area contributed by atoms with Gasteiger partial charge in [0.1, 0.15) is 0 Å². The van der Waals surface area contributed by atoms with E-state index in [1.165, 1.54) is 0 Å². The largest absolute Gasteiger partial charge is 0.348 e. The molecule has 1 amide bonds. The topological polar surface area (TPSA) is 29.1 Å². The molecule has 1 atom stereocenters. The minimum atomic E-state index is 0.0544. The van der Waals surface area contributed by atoms with Gasteiger partial charge in [-0.1, -0.05) is 29.8 Å². The average Bonchev–Trinajstić information content (AvgIpc) is 2.43. The molecule has 0 aromatic heterocycles. The zero-order valence-corrected chi connectivity index (χ0v) is 9.77. The van der Waals surface area contributed by atoms with Gasteiger partial charge in [-0.2, -0.15) is 11.8 Å². The van der Waals surface area contributed by atoms with Crippen molar-refractivity contribution in [3.63, 3.8) is 0 Å². The Hall–Kier alpha value is -0.670. The number of carbonyl (C=O) groups is 1. The summed E-state index contributed by atoms with van der Waals surface area (Å²) in [5.74, 6) is 1.91. The van der Waals surface area contributed by atoms with Crippen LogP contribution in [-0.4, -0.2) is 17.4 Å². The summed E-state index contributed by atoms with van der Waals surface area (Å²) in [6.07, 6.45) is 0.603. The van der Waals surface area contributed by atoms with Crippen molar-refractivity contribution in [3.8, 4) is 0 Å².